The summed E-state index contributed by atoms with van der Waals surface area (Å²) in [5.74, 6) is 1.34. The molecule has 1 fully saturated rings. The van der Waals surface area contributed by atoms with Crippen LogP contribution in [0.25, 0.3) is 0 Å². The molecule has 0 bridgehead atoms. The highest BCUT2D eigenvalue weighted by molar-refractivity contribution is 5.34. The van der Waals surface area contributed by atoms with Gasteiger partial charge < -0.3 is 14.4 Å². The van der Waals surface area contributed by atoms with Gasteiger partial charge in [-0.1, -0.05) is 29.4 Å². The van der Waals surface area contributed by atoms with Gasteiger partial charge in [0.15, 0.2) is 5.82 Å². The molecule has 1 aliphatic carbocycles. The second-order valence-electron chi connectivity index (χ2n) is 5.90. The Morgan fingerprint density at radius 1 is 1.14 bits per heavy atom. The van der Waals surface area contributed by atoms with E-state index >= 15 is 0 Å². The Morgan fingerprint density at radius 2 is 1.90 bits per heavy atom. The summed E-state index contributed by atoms with van der Waals surface area (Å²) in [4.78, 5) is 4.53. The lowest BCUT2D eigenvalue weighted by molar-refractivity contribution is -0.0149. The number of rotatable bonds is 2. The number of benzene rings is 1. The largest absolute Gasteiger partial charge is 0.392 e. The van der Waals surface area contributed by atoms with Crippen LogP contribution in [0.2, 0.25) is 0 Å². The Morgan fingerprint density at radius 3 is 2.62 bits per heavy atom. The summed E-state index contributed by atoms with van der Waals surface area (Å²) in [6.07, 6.45) is 2.09. The lowest BCUT2D eigenvalue weighted by Crippen LogP contribution is -2.30. The molecular formula is C16H18N2O3. The van der Waals surface area contributed by atoms with E-state index in [0.29, 0.717) is 25.5 Å². The predicted molar refractivity (Wildman–Crippen MR) is 75.1 cm³/mol. The van der Waals surface area contributed by atoms with Crippen LogP contribution in [0.3, 0.4) is 0 Å². The summed E-state index contributed by atoms with van der Waals surface area (Å²) in [6.45, 7) is 1.05. The highest BCUT2D eigenvalue weighted by Gasteiger charge is 2.32. The smallest absolute Gasteiger partial charge is 0.234 e. The van der Waals surface area contributed by atoms with Crippen molar-refractivity contribution in [2.45, 2.75) is 37.2 Å². The van der Waals surface area contributed by atoms with Crippen molar-refractivity contribution in [2.75, 3.05) is 13.2 Å². The van der Waals surface area contributed by atoms with Crippen molar-refractivity contribution in [1.29, 1.82) is 0 Å². The van der Waals surface area contributed by atoms with Gasteiger partial charge in [-0.2, -0.15) is 4.98 Å². The quantitative estimate of drug-likeness (QED) is 0.912. The second kappa shape index (κ2) is 5.24. The second-order valence-corrected chi connectivity index (χ2v) is 5.90. The van der Waals surface area contributed by atoms with E-state index in [2.05, 4.69) is 34.4 Å². The van der Waals surface area contributed by atoms with Crippen LogP contribution < -0.4 is 0 Å². The molecule has 1 saturated heterocycles. The summed E-state index contributed by atoms with van der Waals surface area (Å²) in [5, 5.41) is 14.2. The fourth-order valence-corrected chi connectivity index (χ4v) is 3.27. The van der Waals surface area contributed by atoms with E-state index in [4.69, 9.17) is 9.26 Å². The average molecular weight is 286 g/mol. The minimum Gasteiger partial charge on any atom is -0.392 e. The normalized spacial score (nSPS) is 26.0. The van der Waals surface area contributed by atoms with Gasteiger partial charge in [-0.05, 0) is 30.4 Å². The first-order chi connectivity index (χ1) is 10.3. The summed E-state index contributed by atoms with van der Waals surface area (Å²) in [7, 11) is 0. The molecule has 0 spiro atoms. The Bertz CT molecular complexity index is 615. The third kappa shape index (κ3) is 2.36. The molecule has 1 N–H and O–H groups in total. The summed E-state index contributed by atoms with van der Waals surface area (Å²) in [5.41, 5.74) is 2.74. The number of aliphatic hydroxyl groups excluding tert-OH is 1. The highest BCUT2D eigenvalue weighted by Crippen LogP contribution is 2.33. The summed E-state index contributed by atoms with van der Waals surface area (Å²) >= 11 is 0. The third-order valence-corrected chi connectivity index (χ3v) is 4.51. The lowest BCUT2D eigenvalue weighted by Gasteiger charge is -2.24. The maximum Gasteiger partial charge on any atom is 0.234 e. The molecule has 0 saturated carbocycles. The molecule has 2 unspecified atom stereocenters. The van der Waals surface area contributed by atoms with Gasteiger partial charge in [0.05, 0.1) is 18.6 Å². The van der Waals surface area contributed by atoms with Crippen molar-refractivity contribution in [3.05, 3.63) is 47.1 Å². The molecule has 2 heterocycles. The van der Waals surface area contributed by atoms with Crippen molar-refractivity contribution in [3.8, 4) is 0 Å². The van der Waals surface area contributed by atoms with Crippen LogP contribution in [0.4, 0.5) is 0 Å². The molecule has 2 aromatic rings. The van der Waals surface area contributed by atoms with Crippen molar-refractivity contribution in [1.82, 2.24) is 10.1 Å². The standard InChI is InChI=1S/C16H18N2O3/c19-14-5-6-20-9-13(14)16-17-15(18-21-16)12-7-10-3-1-2-4-11(10)8-12/h1-4,12-14,19H,5-9H2. The molecule has 0 amide bonds. The van der Waals surface area contributed by atoms with Crippen LogP contribution in [0.1, 0.15) is 41.1 Å². The number of hydrogen-bond donors (Lipinski definition) is 1. The molecule has 4 rings (SSSR count). The fourth-order valence-electron chi connectivity index (χ4n) is 3.27. The minimum atomic E-state index is -0.451. The molecule has 2 aliphatic rings. The van der Waals surface area contributed by atoms with Gasteiger partial charge in [0.2, 0.25) is 5.89 Å². The highest BCUT2D eigenvalue weighted by atomic mass is 16.5. The number of aromatic nitrogens is 2. The monoisotopic (exact) mass is 286 g/mol. The Labute approximate surface area is 122 Å². The molecule has 1 aromatic heterocycles. The van der Waals surface area contributed by atoms with Crippen molar-refractivity contribution in [3.63, 3.8) is 0 Å². The molecule has 5 heteroatoms. The van der Waals surface area contributed by atoms with E-state index in [1.54, 1.807) is 0 Å². The number of ether oxygens (including phenoxy) is 1. The van der Waals surface area contributed by atoms with Gasteiger partial charge in [0, 0.05) is 12.5 Å². The minimum absolute atomic E-state index is 0.191. The lowest BCUT2D eigenvalue weighted by atomic mass is 9.98. The van der Waals surface area contributed by atoms with Gasteiger partial charge in [0.1, 0.15) is 0 Å². The molecule has 2 atom stereocenters. The van der Waals surface area contributed by atoms with Crippen molar-refractivity contribution < 1.29 is 14.4 Å². The zero-order valence-corrected chi connectivity index (χ0v) is 11.7. The van der Waals surface area contributed by atoms with Crippen LogP contribution in [0.15, 0.2) is 28.8 Å². The van der Waals surface area contributed by atoms with Crippen LogP contribution in [0, 0.1) is 0 Å². The number of aliphatic hydroxyl groups is 1. The van der Waals surface area contributed by atoms with Gasteiger partial charge >= 0.3 is 0 Å². The van der Waals surface area contributed by atoms with E-state index < -0.39 is 6.10 Å². The van der Waals surface area contributed by atoms with E-state index in [1.807, 2.05) is 0 Å². The van der Waals surface area contributed by atoms with Gasteiger partial charge in [-0.25, -0.2) is 0 Å². The van der Waals surface area contributed by atoms with Gasteiger partial charge in [0.25, 0.3) is 0 Å². The molecular weight excluding hydrogens is 268 g/mol. The van der Waals surface area contributed by atoms with Crippen LogP contribution in [-0.4, -0.2) is 34.6 Å². The van der Waals surface area contributed by atoms with Crippen LogP contribution >= 0.6 is 0 Å². The van der Waals surface area contributed by atoms with E-state index in [-0.39, 0.29) is 11.8 Å². The van der Waals surface area contributed by atoms with Gasteiger partial charge in [-0.3, -0.25) is 0 Å². The Kier molecular flexibility index (Phi) is 3.24. The first-order valence-electron chi connectivity index (χ1n) is 7.47. The van der Waals surface area contributed by atoms with Crippen molar-refractivity contribution >= 4 is 0 Å². The molecule has 21 heavy (non-hydrogen) atoms. The molecule has 110 valence electrons. The van der Waals surface area contributed by atoms with Crippen molar-refractivity contribution in [2.24, 2.45) is 0 Å². The molecule has 1 aromatic carbocycles. The zero-order chi connectivity index (χ0) is 14.2. The maximum absolute atomic E-state index is 10.0. The maximum atomic E-state index is 10.0. The van der Waals surface area contributed by atoms with E-state index in [1.165, 1.54) is 11.1 Å². The number of nitrogens with zero attached hydrogens (tertiary/aromatic N) is 2. The van der Waals surface area contributed by atoms with Crippen LogP contribution in [0.5, 0.6) is 0 Å². The van der Waals surface area contributed by atoms with Crippen LogP contribution in [-0.2, 0) is 17.6 Å². The average Bonchev–Trinajstić information content (AvgIpc) is 3.14. The van der Waals surface area contributed by atoms with E-state index in [9.17, 15) is 5.11 Å². The Hall–Kier alpha value is -1.72. The number of fused-ring (bicyclic) bond motifs is 1. The zero-order valence-electron chi connectivity index (χ0n) is 11.7. The molecule has 0 radical (unpaired) electrons. The van der Waals surface area contributed by atoms with Gasteiger partial charge in [-0.15, -0.1) is 0 Å². The molecule has 5 nitrogen and oxygen atoms in total. The Balaban J connectivity index is 1.53. The first kappa shape index (κ1) is 13.0. The predicted octanol–water partition coefficient (Wildman–Crippen LogP) is 1.82. The topological polar surface area (TPSA) is 68.4 Å². The number of hydrogen-bond acceptors (Lipinski definition) is 5. The fraction of sp³-hybridized carbons (Fsp3) is 0.500. The third-order valence-electron chi connectivity index (χ3n) is 4.51. The summed E-state index contributed by atoms with van der Waals surface area (Å²) < 4.78 is 10.8. The SMILES string of the molecule is OC1CCOCC1c1nc(C2Cc3ccccc3C2)no1. The first-order valence-corrected chi connectivity index (χ1v) is 7.47. The molecule has 1 aliphatic heterocycles. The summed E-state index contributed by atoms with van der Waals surface area (Å²) in [6, 6.07) is 8.46. The van der Waals surface area contributed by atoms with E-state index in [0.717, 1.165) is 18.7 Å².